The minimum absolute atomic E-state index is 0.0555. The second-order valence-electron chi connectivity index (χ2n) is 14.0. The minimum atomic E-state index is -0.676. The molecule has 2 rings (SSSR count). The summed E-state index contributed by atoms with van der Waals surface area (Å²) in [6.45, 7) is 14.3. The van der Waals surface area contributed by atoms with Gasteiger partial charge >= 0.3 is 23.9 Å². The molecule has 12 nitrogen and oxygen atoms in total. The van der Waals surface area contributed by atoms with E-state index in [1.54, 1.807) is 66.6 Å². The predicted molar refractivity (Wildman–Crippen MR) is 171 cm³/mol. The predicted octanol–water partition coefficient (Wildman–Crippen LogP) is 4.49. The summed E-state index contributed by atoms with van der Waals surface area (Å²) in [6, 6.07) is 0. The number of aromatic nitrogens is 4. The van der Waals surface area contributed by atoms with Gasteiger partial charge in [0.1, 0.15) is 13.2 Å². The quantitative estimate of drug-likeness (QED) is 0.137. The fraction of sp³-hybridized carbons (Fsp3) is 0.706. The van der Waals surface area contributed by atoms with Gasteiger partial charge in [0.05, 0.1) is 48.5 Å². The molecule has 0 amide bonds. The molecular formula is C34H54N4O8. The third kappa shape index (κ3) is 11.6. The lowest BCUT2D eigenvalue weighted by Gasteiger charge is -2.27. The van der Waals surface area contributed by atoms with Crippen molar-refractivity contribution in [2.75, 3.05) is 26.4 Å². The highest BCUT2D eigenvalue weighted by Crippen LogP contribution is 2.26. The van der Waals surface area contributed by atoms with Crippen LogP contribution in [-0.4, -0.2) is 69.4 Å². The van der Waals surface area contributed by atoms with Gasteiger partial charge in [-0.3, -0.25) is 19.2 Å². The first-order chi connectivity index (χ1) is 21.5. The summed E-state index contributed by atoms with van der Waals surface area (Å²) in [5.74, 6) is -3.38. The van der Waals surface area contributed by atoms with Crippen molar-refractivity contribution in [1.82, 2.24) is 19.1 Å². The van der Waals surface area contributed by atoms with Crippen molar-refractivity contribution >= 4 is 23.9 Å². The van der Waals surface area contributed by atoms with Crippen LogP contribution in [-0.2, 0) is 65.1 Å². The summed E-state index contributed by atoms with van der Waals surface area (Å²) >= 11 is 0. The molecule has 0 aliphatic rings. The van der Waals surface area contributed by atoms with Crippen LogP contribution in [0.4, 0.5) is 0 Å². The van der Waals surface area contributed by atoms with E-state index in [9.17, 15) is 19.2 Å². The standard InChI is InChI=1S/C34H54N4O8/c1-11-27(23(15-25-17-35-21-37(25)9)19-45-31(41)33(3,4)5)29(39)43-13-14-44-30(40)28(12-2)24(16-26-18-36-22-38(26)10)20-46-32(42)34(6,7)8/h17-18,21-24,27-28H,11-16,19-20H2,1-10H3/t23-,24-,27+,28+/m1/s1. The molecule has 0 N–H and O–H groups in total. The number of carbonyl (C=O) groups excluding carboxylic acids is 4. The van der Waals surface area contributed by atoms with E-state index in [1.807, 2.05) is 37.1 Å². The molecule has 0 aliphatic heterocycles. The highest BCUT2D eigenvalue weighted by Gasteiger charge is 2.34. The number of hydrogen-bond donors (Lipinski definition) is 0. The molecule has 0 saturated heterocycles. The molecule has 2 aromatic rings. The van der Waals surface area contributed by atoms with Crippen molar-refractivity contribution < 1.29 is 38.1 Å². The molecule has 0 aliphatic carbocycles. The van der Waals surface area contributed by atoms with Crippen LogP contribution in [0, 0.1) is 34.5 Å². The maximum Gasteiger partial charge on any atom is 0.311 e. The maximum absolute atomic E-state index is 13.3. The summed E-state index contributed by atoms with van der Waals surface area (Å²) in [5, 5.41) is 0. The molecule has 0 spiro atoms. The van der Waals surface area contributed by atoms with Crippen LogP contribution in [0.2, 0.25) is 0 Å². The summed E-state index contributed by atoms with van der Waals surface area (Å²) < 4.78 is 26.1. The monoisotopic (exact) mass is 646 g/mol. The zero-order chi connectivity index (χ0) is 34.7. The molecular weight excluding hydrogens is 592 g/mol. The van der Waals surface area contributed by atoms with Gasteiger partial charge in [-0.1, -0.05) is 13.8 Å². The Hall–Kier alpha value is -3.70. The first kappa shape index (κ1) is 38.5. The molecule has 258 valence electrons. The highest BCUT2D eigenvalue weighted by atomic mass is 16.6. The Kier molecular flexibility index (Phi) is 14.5. The number of rotatable bonds is 17. The van der Waals surface area contributed by atoms with Gasteiger partial charge in [0.15, 0.2) is 0 Å². The molecule has 0 saturated carbocycles. The second kappa shape index (κ2) is 17.3. The Morgan fingerprint density at radius 2 is 1.00 bits per heavy atom. The van der Waals surface area contributed by atoms with Gasteiger partial charge in [-0.15, -0.1) is 0 Å². The Balaban J connectivity index is 2.05. The number of imidazole rings is 2. The maximum atomic E-state index is 13.3. The molecule has 0 radical (unpaired) electrons. The Labute approximate surface area is 273 Å². The number of aryl methyl sites for hydroxylation is 2. The van der Waals surface area contributed by atoms with E-state index in [2.05, 4.69) is 9.97 Å². The van der Waals surface area contributed by atoms with Crippen LogP contribution < -0.4 is 0 Å². The average Bonchev–Trinajstić information content (AvgIpc) is 3.58. The van der Waals surface area contributed by atoms with Gasteiger partial charge < -0.3 is 28.1 Å². The number of nitrogens with zero attached hydrogens (tertiary/aromatic N) is 4. The molecule has 2 heterocycles. The summed E-state index contributed by atoms with van der Waals surface area (Å²) in [4.78, 5) is 59.9. The fourth-order valence-electron chi connectivity index (χ4n) is 5.02. The van der Waals surface area contributed by atoms with Gasteiger partial charge in [0, 0.05) is 49.7 Å². The first-order valence-electron chi connectivity index (χ1n) is 16.1. The van der Waals surface area contributed by atoms with Crippen molar-refractivity contribution in [3.8, 4) is 0 Å². The molecule has 12 heteroatoms. The van der Waals surface area contributed by atoms with Crippen LogP contribution >= 0.6 is 0 Å². The molecule has 4 atom stereocenters. The van der Waals surface area contributed by atoms with Crippen molar-refractivity contribution in [1.29, 1.82) is 0 Å². The van der Waals surface area contributed by atoms with Crippen molar-refractivity contribution in [3.63, 3.8) is 0 Å². The molecule has 46 heavy (non-hydrogen) atoms. The van der Waals surface area contributed by atoms with Crippen molar-refractivity contribution in [3.05, 3.63) is 36.4 Å². The molecule has 0 aromatic carbocycles. The molecule has 0 unspecified atom stereocenters. The van der Waals surface area contributed by atoms with Gasteiger partial charge in [-0.25, -0.2) is 9.97 Å². The third-order valence-electron chi connectivity index (χ3n) is 8.05. The Bertz CT molecular complexity index is 1190. The van der Waals surface area contributed by atoms with Crippen LogP contribution in [0.3, 0.4) is 0 Å². The zero-order valence-corrected chi connectivity index (χ0v) is 29.3. The summed E-state index contributed by atoms with van der Waals surface area (Å²) in [6.07, 6.45) is 8.68. The number of ether oxygens (including phenoxy) is 4. The van der Waals surface area contributed by atoms with Crippen LogP contribution in [0.5, 0.6) is 0 Å². The SMILES string of the molecule is CC[C@H](C(=O)OCCOC(=O)[C@@H](CC)[C@@H](COC(=O)C(C)(C)C)Cc1cncn1C)[C@@H](COC(=O)C(C)(C)C)Cc1cncn1C. The van der Waals surface area contributed by atoms with Gasteiger partial charge in [-0.2, -0.15) is 0 Å². The van der Waals surface area contributed by atoms with E-state index >= 15 is 0 Å². The Morgan fingerprint density at radius 3 is 1.26 bits per heavy atom. The minimum Gasteiger partial charge on any atom is -0.465 e. The van der Waals surface area contributed by atoms with Crippen molar-refractivity contribution in [2.45, 2.75) is 81.1 Å². The average molecular weight is 647 g/mol. The lowest BCUT2D eigenvalue weighted by molar-refractivity contribution is -0.164. The lowest BCUT2D eigenvalue weighted by atomic mass is 9.86. The van der Waals surface area contributed by atoms with Crippen LogP contribution in [0.25, 0.3) is 0 Å². The smallest absolute Gasteiger partial charge is 0.311 e. The van der Waals surface area contributed by atoms with E-state index in [0.29, 0.717) is 25.7 Å². The largest absolute Gasteiger partial charge is 0.465 e. The fourth-order valence-corrected chi connectivity index (χ4v) is 5.02. The molecule has 2 aromatic heterocycles. The number of esters is 4. The number of carbonyl (C=O) groups is 4. The molecule has 0 bridgehead atoms. The van der Waals surface area contributed by atoms with E-state index in [-0.39, 0.29) is 50.2 Å². The highest BCUT2D eigenvalue weighted by molar-refractivity contribution is 5.76. The van der Waals surface area contributed by atoms with Gasteiger partial charge in [-0.05, 0) is 67.2 Å². The summed E-state index contributed by atoms with van der Waals surface area (Å²) in [7, 11) is 3.74. The third-order valence-corrected chi connectivity index (χ3v) is 8.05. The van der Waals surface area contributed by atoms with E-state index < -0.39 is 34.6 Å². The zero-order valence-electron chi connectivity index (χ0n) is 29.3. The van der Waals surface area contributed by atoms with Gasteiger partial charge in [0.2, 0.25) is 0 Å². The first-order valence-corrected chi connectivity index (χ1v) is 16.1. The second-order valence-corrected chi connectivity index (χ2v) is 14.0. The molecule has 0 fully saturated rings. The Morgan fingerprint density at radius 1 is 0.652 bits per heavy atom. The lowest BCUT2D eigenvalue weighted by Crippen LogP contribution is -2.35. The van der Waals surface area contributed by atoms with Crippen molar-refractivity contribution in [2.24, 2.45) is 48.6 Å². The van der Waals surface area contributed by atoms with Gasteiger partial charge in [0.25, 0.3) is 0 Å². The number of hydrogen-bond acceptors (Lipinski definition) is 10. The van der Waals surface area contributed by atoms with E-state index in [1.165, 1.54) is 0 Å². The van der Waals surface area contributed by atoms with E-state index in [0.717, 1.165) is 11.4 Å². The normalized spacial score (nSPS) is 14.6. The van der Waals surface area contributed by atoms with Crippen LogP contribution in [0.15, 0.2) is 25.0 Å². The van der Waals surface area contributed by atoms with Crippen LogP contribution in [0.1, 0.15) is 79.6 Å². The topological polar surface area (TPSA) is 141 Å². The van der Waals surface area contributed by atoms with E-state index in [4.69, 9.17) is 18.9 Å². The summed E-state index contributed by atoms with van der Waals surface area (Å²) in [5.41, 5.74) is 0.447.